The van der Waals surface area contributed by atoms with Gasteiger partial charge in [-0.25, -0.2) is 0 Å². The number of nitrogens with one attached hydrogen (secondary N) is 1. The molecule has 3 N–H and O–H groups in total. The van der Waals surface area contributed by atoms with E-state index in [0.29, 0.717) is 11.5 Å². The van der Waals surface area contributed by atoms with Gasteiger partial charge >= 0.3 is 0 Å². The first-order valence-corrected chi connectivity index (χ1v) is 6.20. The SMILES string of the molecule is CN(CC(=O)Nc1ccccc1Br)CC(N)=S. The molecule has 0 aliphatic carbocycles. The average Bonchev–Trinajstić information content (AvgIpc) is 2.19. The summed E-state index contributed by atoms with van der Waals surface area (Å²) in [5, 5.41) is 2.80. The van der Waals surface area contributed by atoms with E-state index in [9.17, 15) is 4.79 Å². The largest absolute Gasteiger partial charge is 0.392 e. The van der Waals surface area contributed by atoms with Crippen LogP contribution in [-0.2, 0) is 4.79 Å². The Balaban J connectivity index is 2.50. The van der Waals surface area contributed by atoms with E-state index >= 15 is 0 Å². The number of para-hydroxylation sites is 1. The van der Waals surface area contributed by atoms with Gasteiger partial charge in [0.15, 0.2) is 0 Å². The molecular formula is C11H14BrN3OS. The molecule has 0 saturated heterocycles. The van der Waals surface area contributed by atoms with Crippen molar-refractivity contribution in [3.63, 3.8) is 0 Å². The Bertz CT molecular complexity index is 425. The Morgan fingerprint density at radius 3 is 2.71 bits per heavy atom. The van der Waals surface area contributed by atoms with Crippen LogP contribution in [0, 0.1) is 0 Å². The highest BCUT2D eigenvalue weighted by atomic mass is 79.9. The van der Waals surface area contributed by atoms with Gasteiger partial charge in [0.25, 0.3) is 0 Å². The Hall–Kier alpha value is -0.980. The molecule has 1 aromatic carbocycles. The maximum absolute atomic E-state index is 11.7. The predicted molar refractivity (Wildman–Crippen MR) is 77.1 cm³/mol. The van der Waals surface area contributed by atoms with E-state index in [1.165, 1.54) is 0 Å². The highest BCUT2D eigenvalue weighted by molar-refractivity contribution is 9.10. The molecule has 0 saturated carbocycles. The topological polar surface area (TPSA) is 58.4 Å². The number of thiocarbonyl (C=S) groups is 1. The van der Waals surface area contributed by atoms with Gasteiger partial charge in [0.2, 0.25) is 5.91 Å². The van der Waals surface area contributed by atoms with Gasteiger partial charge in [-0.15, -0.1) is 0 Å². The number of likely N-dealkylation sites (N-methyl/N-ethyl adjacent to an activating group) is 1. The maximum Gasteiger partial charge on any atom is 0.238 e. The second-order valence-electron chi connectivity index (χ2n) is 3.67. The van der Waals surface area contributed by atoms with Crippen LogP contribution in [-0.4, -0.2) is 35.9 Å². The number of carbonyl (C=O) groups excluding carboxylic acids is 1. The molecule has 0 atom stereocenters. The highest BCUT2D eigenvalue weighted by Gasteiger charge is 2.08. The van der Waals surface area contributed by atoms with E-state index in [4.69, 9.17) is 18.0 Å². The number of amides is 1. The van der Waals surface area contributed by atoms with Crippen LogP contribution in [0.1, 0.15) is 0 Å². The van der Waals surface area contributed by atoms with Crippen LogP contribution < -0.4 is 11.1 Å². The van der Waals surface area contributed by atoms with Gasteiger partial charge < -0.3 is 11.1 Å². The normalized spacial score (nSPS) is 10.3. The Kier molecular flexibility index (Phi) is 5.54. The van der Waals surface area contributed by atoms with Crippen molar-refractivity contribution >= 4 is 44.7 Å². The lowest BCUT2D eigenvalue weighted by Gasteiger charge is -2.15. The number of benzene rings is 1. The molecule has 4 nitrogen and oxygen atoms in total. The van der Waals surface area contributed by atoms with E-state index in [0.717, 1.165) is 10.2 Å². The molecule has 1 rings (SSSR count). The molecular weight excluding hydrogens is 302 g/mol. The van der Waals surface area contributed by atoms with Crippen molar-refractivity contribution in [1.82, 2.24) is 4.90 Å². The second kappa shape index (κ2) is 6.68. The summed E-state index contributed by atoms with van der Waals surface area (Å²) >= 11 is 8.13. The van der Waals surface area contributed by atoms with Gasteiger partial charge in [-0.3, -0.25) is 9.69 Å². The quantitative estimate of drug-likeness (QED) is 0.810. The predicted octanol–water partition coefficient (Wildman–Crippen LogP) is 1.61. The van der Waals surface area contributed by atoms with Crippen molar-refractivity contribution in [3.05, 3.63) is 28.7 Å². The van der Waals surface area contributed by atoms with Gasteiger partial charge in [0, 0.05) is 11.0 Å². The lowest BCUT2D eigenvalue weighted by molar-refractivity contribution is -0.116. The molecule has 1 aromatic rings. The van der Waals surface area contributed by atoms with Crippen LogP contribution in [0.4, 0.5) is 5.69 Å². The molecule has 0 bridgehead atoms. The number of rotatable bonds is 5. The second-order valence-corrected chi connectivity index (χ2v) is 5.05. The minimum Gasteiger partial charge on any atom is -0.392 e. The van der Waals surface area contributed by atoms with Crippen LogP contribution in [0.3, 0.4) is 0 Å². The summed E-state index contributed by atoms with van der Waals surface area (Å²) in [6.45, 7) is 0.678. The van der Waals surface area contributed by atoms with Crippen molar-refractivity contribution in [2.24, 2.45) is 5.73 Å². The minimum absolute atomic E-state index is 0.101. The van der Waals surface area contributed by atoms with E-state index in [2.05, 4.69) is 21.2 Å². The Morgan fingerprint density at radius 1 is 1.47 bits per heavy atom. The van der Waals surface area contributed by atoms with Gasteiger partial charge in [-0.05, 0) is 35.1 Å². The van der Waals surface area contributed by atoms with Gasteiger partial charge in [0.05, 0.1) is 17.2 Å². The number of carbonyl (C=O) groups is 1. The van der Waals surface area contributed by atoms with Crippen molar-refractivity contribution in [2.45, 2.75) is 0 Å². The van der Waals surface area contributed by atoms with Gasteiger partial charge in [-0.1, -0.05) is 24.4 Å². The first-order valence-electron chi connectivity index (χ1n) is 5.00. The zero-order chi connectivity index (χ0) is 12.8. The lowest BCUT2D eigenvalue weighted by atomic mass is 10.3. The van der Waals surface area contributed by atoms with Crippen LogP contribution in [0.15, 0.2) is 28.7 Å². The third-order valence-corrected chi connectivity index (χ3v) is 2.81. The molecule has 6 heteroatoms. The molecule has 0 aliphatic heterocycles. The zero-order valence-corrected chi connectivity index (χ0v) is 11.8. The first kappa shape index (κ1) is 14.1. The van der Waals surface area contributed by atoms with Gasteiger partial charge in [0.1, 0.15) is 0 Å². The number of nitrogens with zero attached hydrogens (tertiary/aromatic N) is 1. The average molecular weight is 316 g/mol. The fraction of sp³-hybridized carbons (Fsp3) is 0.273. The standard InChI is InChI=1S/C11H14BrN3OS/c1-15(6-10(13)17)7-11(16)14-9-5-3-2-4-8(9)12/h2-5H,6-7H2,1H3,(H2,13,17)(H,14,16). The molecule has 0 unspecified atom stereocenters. The third-order valence-electron chi connectivity index (χ3n) is 1.99. The molecule has 92 valence electrons. The monoisotopic (exact) mass is 315 g/mol. The summed E-state index contributed by atoms with van der Waals surface area (Å²) in [6.07, 6.45) is 0. The van der Waals surface area contributed by atoms with E-state index in [1.54, 1.807) is 11.9 Å². The fourth-order valence-corrected chi connectivity index (χ4v) is 1.92. The molecule has 0 spiro atoms. The molecule has 0 radical (unpaired) electrons. The van der Waals surface area contributed by atoms with E-state index < -0.39 is 0 Å². The Morgan fingerprint density at radius 2 is 2.12 bits per heavy atom. The van der Waals surface area contributed by atoms with E-state index in [-0.39, 0.29) is 12.5 Å². The Labute approximate surface area is 114 Å². The number of hydrogen-bond acceptors (Lipinski definition) is 3. The number of hydrogen-bond donors (Lipinski definition) is 2. The highest BCUT2D eigenvalue weighted by Crippen LogP contribution is 2.20. The van der Waals surface area contributed by atoms with Gasteiger partial charge in [-0.2, -0.15) is 0 Å². The van der Waals surface area contributed by atoms with Crippen LogP contribution >= 0.6 is 28.1 Å². The van der Waals surface area contributed by atoms with Crippen molar-refractivity contribution in [2.75, 3.05) is 25.5 Å². The number of nitrogens with two attached hydrogens (primary N) is 1. The smallest absolute Gasteiger partial charge is 0.238 e. The summed E-state index contributed by atoms with van der Waals surface area (Å²) in [5.74, 6) is -0.101. The molecule has 0 aromatic heterocycles. The molecule has 0 heterocycles. The molecule has 0 aliphatic rings. The lowest BCUT2D eigenvalue weighted by Crippen LogP contribution is -2.35. The summed E-state index contributed by atoms with van der Waals surface area (Å²) in [4.78, 5) is 13.8. The molecule has 17 heavy (non-hydrogen) atoms. The van der Waals surface area contributed by atoms with Crippen molar-refractivity contribution < 1.29 is 4.79 Å². The molecule has 1 amide bonds. The zero-order valence-electron chi connectivity index (χ0n) is 9.44. The van der Waals surface area contributed by atoms with E-state index in [1.807, 2.05) is 24.3 Å². The van der Waals surface area contributed by atoms with Crippen molar-refractivity contribution in [1.29, 1.82) is 0 Å². The molecule has 0 fully saturated rings. The summed E-state index contributed by atoms with van der Waals surface area (Å²) in [5.41, 5.74) is 6.15. The maximum atomic E-state index is 11.7. The summed E-state index contributed by atoms with van der Waals surface area (Å²) < 4.78 is 0.852. The fourth-order valence-electron chi connectivity index (χ4n) is 1.32. The summed E-state index contributed by atoms with van der Waals surface area (Å²) in [7, 11) is 1.79. The third kappa shape index (κ3) is 5.25. The summed E-state index contributed by atoms with van der Waals surface area (Å²) in [6, 6.07) is 7.45. The van der Waals surface area contributed by atoms with Crippen LogP contribution in [0.2, 0.25) is 0 Å². The first-order chi connectivity index (χ1) is 7.99. The number of halogens is 1. The number of anilines is 1. The van der Waals surface area contributed by atoms with Crippen molar-refractivity contribution in [3.8, 4) is 0 Å². The van der Waals surface area contributed by atoms with Crippen LogP contribution in [0.25, 0.3) is 0 Å². The van der Waals surface area contributed by atoms with Crippen LogP contribution in [0.5, 0.6) is 0 Å². The minimum atomic E-state index is -0.101.